The first-order valence-corrected chi connectivity index (χ1v) is 43.9. The summed E-state index contributed by atoms with van der Waals surface area (Å²) < 4.78 is 0. The van der Waals surface area contributed by atoms with Gasteiger partial charge in [0, 0.05) is 33.4 Å². The lowest BCUT2D eigenvalue weighted by Crippen LogP contribution is -2.55. The lowest BCUT2D eigenvalue weighted by Gasteiger charge is -2.63. The maximum absolute atomic E-state index is 9.25. The predicted molar refractivity (Wildman–Crippen MR) is 497 cm³/mol. The van der Waals surface area contributed by atoms with Crippen LogP contribution in [0.2, 0.25) is 0 Å². The van der Waals surface area contributed by atoms with Crippen LogP contribution in [-0.4, -0.2) is 29.9 Å². The van der Waals surface area contributed by atoms with E-state index in [1.807, 2.05) is 146 Å². The van der Waals surface area contributed by atoms with Crippen LogP contribution in [0, 0.1) is 67.1 Å². The van der Waals surface area contributed by atoms with Crippen molar-refractivity contribution in [2.24, 2.45) is 23.7 Å². The van der Waals surface area contributed by atoms with Crippen molar-refractivity contribution >= 4 is 0 Å². The van der Waals surface area contributed by atoms with Crippen LogP contribution in [0.25, 0.3) is 135 Å². The summed E-state index contributed by atoms with van der Waals surface area (Å²) in [6, 6.07) is 128. The number of rotatable bonds is 16. The van der Waals surface area contributed by atoms with Gasteiger partial charge in [0.05, 0.1) is 23.3 Å². The Kier molecular flexibility index (Phi) is 19.6. The summed E-state index contributed by atoms with van der Waals surface area (Å²) in [7, 11) is 0. The Morgan fingerprint density at radius 1 is 0.220 bits per heavy atom. The van der Waals surface area contributed by atoms with Crippen LogP contribution in [-0.2, 0) is 21.7 Å². The van der Waals surface area contributed by atoms with Crippen LogP contribution < -0.4 is 0 Å². The Labute approximate surface area is 721 Å². The standard InChI is InChI=1S/C58H48N4.C57H46N4/c1-38-29-48(21-27-52(38)53-28-22-49(30-39(53)2)56-61-54(46-9-5-3-6-10-46)60-55(62-56)47-11-7-4-8-12-47)45-19-25-51(26-20-45)58-34-41-31-42(35-58)33-57(32-41,37-58)50-23-17-44(18-24-50)43-15-13-40(36-59)14-16-43;1-38-30-49(55-60-53(47-8-4-2-5-9-47)59-54(61-55)48-10-6-3-7-11-48)24-29-52(38)46-18-16-43(17-19-46)45-22-27-51(28-23-45)57-34-40-31-41(35-57)33-56(32-40,37-57)50-25-20-44(21-26-50)42-14-12-39(36-58)13-15-42/h3-30,41-42H,31-35,37H2,1-2H3;2-30,40-41H,31-35,37H2,1H3. The summed E-state index contributed by atoms with van der Waals surface area (Å²) in [6.45, 7) is 6.59. The zero-order valence-electron chi connectivity index (χ0n) is 69.8. The van der Waals surface area contributed by atoms with Gasteiger partial charge in [0.2, 0.25) is 0 Å². The van der Waals surface area contributed by atoms with Gasteiger partial charge in [0.1, 0.15) is 0 Å². The largest absolute Gasteiger partial charge is 0.208 e. The summed E-state index contributed by atoms with van der Waals surface area (Å²) in [4.78, 5) is 29.6. The number of hydrogen-bond donors (Lipinski definition) is 0. The van der Waals surface area contributed by atoms with E-state index in [1.165, 1.54) is 183 Å². The predicted octanol–water partition coefficient (Wildman–Crippen LogP) is 28.0. The van der Waals surface area contributed by atoms with Gasteiger partial charge in [-0.25, -0.2) is 29.9 Å². The van der Waals surface area contributed by atoms with E-state index >= 15 is 0 Å². The van der Waals surface area contributed by atoms with Crippen molar-refractivity contribution in [3.63, 3.8) is 0 Å². The molecule has 2 heterocycles. The van der Waals surface area contributed by atoms with Gasteiger partial charge < -0.3 is 0 Å². The molecule has 14 aromatic carbocycles. The first-order valence-electron chi connectivity index (χ1n) is 43.9. The van der Waals surface area contributed by atoms with E-state index in [1.54, 1.807) is 0 Å². The van der Waals surface area contributed by atoms with Gasteiger partial charge in [0.25, 0.3) is 0 Å². The molecular weight excluding hydrogens is 1490 g/mol. The van der Waals surface area contributed by atoms with Gasteiger partial charge in [0.15, 0.2) is 34.9 Å². The summed E-state index contributed by atoms with van der Waals surface area (Å²) in [5.74, 6) is 7.16. The second-order valence-corrected chi connectivity index (χ2v) is 36.5. The zero-order valence-corrected chi connectivity index (χ0v) is 69.8. The van der Waals surface area contributed by atoms with Crippen molar-refractivity contribution in [3.05, 3.63) is 396 Å². The van der Waals surface area contributed by atoms with Gasteiger partial charge in [-0.2, -0.15) is 10.5 Å². The number of hydrogen-bond acceptors (Lipinski definition) is 8. The molecule has 8 fully saturated rings. The number of aryl methyl sites for hydroxylation is 3. The number of nitriles is 2. The number of benzene rings is 14. The Morgan fingerprint density at radius 2 is 0.431 bits per heavy atom. The third-order valence-corrected chi connectivity index (χ3v) is 28.6. The van der Waals surface area contributed by atoms with E-state index in [9.17, 15) is 10.5 Å². The van der Waals surface area contributed by atoms with Crippen molar-refractivity contribution < 1.29 is 0 Å². The van der Waals surface area contributed by atoms with Gasteiger partial charge in [-0.3, -0.25) is 0 Å². The van der Waals surface area contributed by atoms with Gasteiger partial charge in [-0.1, -0.05) is 309 Å². The first kappa shape index (κ1) is 76.5. The zero-order chi connectivity index (χ0) is 82.8. The molecule has 0 aliphatic heterocycles. The van der Waals surface area contributed by atoms with Crippen molar-refractivity contribution in [1.29, 1.82) is 10.5 Å². The van der Waals surface area contributed by atoms with E-state index in [-0.39, 0.29) is 21.7 Å². The minimum absolute atomic E-state index is 0.241. The van der Waals surface area contributed by atoms with Crippen LogP contribution in [0.3, 0.4) is 0 Å². The van der Waals surface area contributed by atoms with E-state index in [0.717, 1.165) is 57.1 Å². The summed E-state index contributed by atoms with van der Waals surface area (Å²) >= 11 is 0. The third-order valence-electron chi connectivity index (χ3n) is 28.6. The van der Waals surface area contributed by atoms with Gasteiger partial charge >= 0.3 is 0 Å². The van der Waals surface area contributed by atoms with Crippen molar-refractivity contribution in [1.82, 2.24) is 29.9 Å². The molecule has 8 bridgehead atoms. The SMILES string of the molecule is Cc1cc(-c2ccc(C34CC5CC(CC(c6ccc(-c7ccc(C#N)cc7)cc6)(C5)C3)C4)cc2)ccc1-c1ccc(-c2nc(-c3ccccc3)nc(-c3ccccc3)n2)cc1C.Cc1cc(-c2nc(-c3ccccc3)nc(-c3ccccc3)n2)ccc1-c1ccc(-c2ccc(C34CC5CC(CC(c6ccc(-c7ccc(C#N)cc7)cc6)(C5)C3)C4)cc2)cc1. The molecule has 123 heavy (non-hydrogen) atoms. The average molecular weight is 1590 g/mol. The van der Waals surface area contributed by atoms with Crippen LogP contribution in [0.5, 0.6) is 0 Å². The second-order valence-electron chi connectivity index (χ2n) is 36.5. The quantitative estimate of drug-likeness (QED) is 0.0937. The molecule has 8 aliphatic carbocycles. The normalized spacial score (nSPS) is 21.2. The summed E-state index contributed by atoms with van der Waals surface area (Å²) in [5, 5.41) is 18.5. The Hall–Kier alpha value is -13.9. The van der Waals surface area contributed by atoms with E-state index in [4.69, 9.17) is 29.9 Å². The van der Waals surface area contributed by atoms with E-state index in [0.29, 0.717) is 46.1 Å². The number of aromatic nitrogens is 6. The van der Waals surface area contributed by atoms with Crippen LogP contribution in [0.15, 0.2) is 346 Å². The lowest BCUT2D eigenvalue weighted by atomic mass is 9.41. The molecule has 2 aromatic heterocycles. The topological polar surface area (TPSA) is 125 Å². The highest BCUT2D eigenvalue weighted by atomic mass is 15.0. The Balaban J connectivity index is 0.000000151. The third kappa shape index (κ3) is 14.8. The fraction of sp³-hybridized carbons (Fsp3) is 0.200. The molecule has 0 saturated heterocycles. The highest BCUT2D eigenvalue weighted by Gasteiger charge is 2.60. The maximum Gasteiger partial charge on any atom is 0.164 e. The monoisotopic (exact) mass is 1590 g/mol. The molecule has 0 radical (unpaired) electrons. The molecule has 8 saturated carbocycles. The molecule has 8 aliphatic rings. The van der Waals surface area contributed by atoms with Crippen LogP contribution in [0.4, 0.5) is 0 Å². The summed E-state index contributed by atoms with van der Waals surface area (Å²) in [5.41, 5.74) is 32.5. The molecular formula is C115H94N8. The fourth-order valence-corrected chi connectivity index (χ4v) is 23.5. The van der Waals surface area contributed by atoms with Crippen LogP contribution in [0.1, 0.15) is 127 Å². The maximum atomic E-state index is 9.25. The minimum atomic E-state index is 0.241. The second kappa shape index (κ2) is 31.6. The van der Waals surface area contributed by atoms with Crippen molar-refractivity contribution in [2.45, 2.75) is 119 Å². The molecule has 0 amide bonds. The molecule has 8 heteroatoms. The minimum Gasteiger partial charge on any atom is -0.208 e. The lowest BCUT2D eigenvalue weighted by molar-refractivity contribution is -0.0282. The van der Waals surface area contributed by atoms with Gasteiger partial charge in [-0.05, 0) is 285 Å². The molecule has 8 nitrogen and oxygen atoms in total. The highest BCUT2D eigenvalue weighted by Crippen LogP contribution is 2.68. The number of nitrogens with zero attached hydrogens (tertiary/aromatic N) is 8. The molecule has 4 atom stereocenters. The van der Waals surface area contributed by atoms with Gasteiger partial charge in [-0.15, -0.1) is 0 Å². The molecule has 4 unspecified atom stereocenters. The fourth-order valence-electron chi connectivity index (χ4n) is 23.5. The Bertz CT molecular complexity index is 6570. The molecule has 0 spiro atoms. The van der Waals surface area contributed by atoms with E-state index in [2.05, 4.69) is 233 Å². The first-order chi connectivity index (χ1) is 60.3. The summed E-state index contributed by atoms with van der Waals surface area (Å²) in [6.07, 6.45) is 15.8. The Morgan fingerprint density at radius 3 is 0.699 bits per heavy atom. The van der Waals surface area contributed by atoms with Crippen molar-refractivity contribution in [3.8, 4) is 147 Å². The van der Waals surface area contributed by atoms with Crippen molar-refractivity contribution in [2.75, 3.05) is 0 Å². The molecule has 24 rings (SSSR count). The average Bonchev–Trinajstić information content (AvgIpc) is 0.707. The van der Waals surface area contributed by atoms with Crippen LogP contribution >= 0.6 is 0 Å². The smallest absolute Gasteiger partial charge is 0.164 e. The van der Waals surface area contributed by atoms with E-state index < -0.39 is 0 Å². The molecule has 16 aromatic rings. The molecule has 594 valence electrons. The molecule has 0 N–H and O–H groups in total. The highest BCUT2D eigenvalue weighted by molar-refractivity contribution is 5.80.